The summed E-state index contributed by atoms with van der Waals surface area (Å²) in [4.78, 5) is 24.3. The first-order chi connectivity index (χ1) is 8.95. The predicted molar refractivity (Wildman–Crippen MR) is 57.8 cm³/mol. The Bertz CT molecular complexity index is 635. The molecule has 19 heavy (non-hydrogen) atoms. The van der Waals surface area contributed by atoms with Crippen LogP contribution in [0.1, 0.15) is 6.23 Å². The molecule has 3 N–H and O–H groups in total. The van der Waals surface area contributed by atoms with E-state index in [-0.39, 0.29) is 0 Å². The van der Waals surface area contributed by atoms with E-state index in [1.165, 1.54) is 6.07 Å². The minimum atomic E-state index is -2.14. The van der Waals surface area contributed by atoms with E-state index in [2.05, 4.69) is 0 Å². The fourth-order valence-corrected chi connectivity index (χ4v) is 1.86. The van der Waals surface area contributed by atoms with Crippen LogP contribution in [0.5, 0.6) is 0 Å². The lowest BCUT2D eigenvalue weighted by atomic mass is 9.99. The maximum atomic E-state index is 13.9. The van der Waals surface area contributed by atoms with Crippen LogP contribution in [0.4, 0.5) is 4.39 Å². The molecule has 2 rings (SSSR count). The van der Waals surface area contributed by atoms with Crippen LogP contribution < -0.4 is 11.2 Å². The highest BCUT2D eigenvalue weighted by atomic mass is 19.1. The summed E-state index contributed by atoms with van der Waals surface area (Å²) in [5.74, 6) is 0. The van der Waals surface area contributed by atoms with E-state index in [4.69, 9.17) is 15.1 Å². The highest BCUT2D eigenvalue weighted by Crippen LogP contribution is 2.37. The second-order valence-electron chi connectivity index (χ2n) is 4.07. The molecule has 1 saturated heterocycles. The molecule has 102 valence electrons. The molecule has 1 fully saturated rings. The molecule has 1 aromatic rings. The summed E-state index contributed by atoms with van der Waals surface area (Å²) >= 11 is 0. The molecule has 1 aliphatic rings. The Balaban J connectivity index is 2.46. The smallest absolute Gasteiger partial charge is 0.330 e. The molecule has 0 aliphatic carbocycles. The Morgan fingerprint density at radius 2 is 2.32 bits per heavy atom. The van der Waals surface area contributed by atoms with Crippen molar-refractivity contribution < 1.29 is 19.3 Å². The summed E-state index contributed by atoms with van der Waals surface area (Å²) in [5, 5.41) is 27.6. The summed E-state index contributed by atoms with van der Waals surface area (Å²) < 4.78 is 19.6. The zero-order valence-corrected chi connectivity index (χ0v) is 9.49. The van der Waals surface area contributed by atoms with Gasteiger partial charge in [0.25, 0.3) is 5.56 Å². The first-order valence-electron chi connectivity index (χ1n) is 5.29. The third kappa shape index (κ3) is 1.95. The number of aromatic amines is 1. The summed E-state index contributed by atoms with van der Waals surface area (Å²) in [6, 6.07) is 2.46. The molecule has 0 amide bonds. The van der Waals surface area contributed by atoms with Gasteiger partial charge >= 0.3 is 5.69 Å². The Kier molecular flexibility index (Phi) is 3.23. The lowest BCUT2D eigenvalue weighted by Gasteiger charge is -2.21. The second kappa shape index (κ2) is 4.58. The van der Waals surface area contributed by atoms with Gasteiger partial charge in [0.15, 0.2) is 12.4 Å². The number of aliphatic hydroxyl groups excluding tert-OH is 2. The number of nitriles is 1. The fourth-order valence-electron chi connectivity index (χ4n) is 1.86. The Morgan fingerprint density at radius 1 is 1.63 bits per heavy atom. The van der Waals surface area contributed by atoms with Crippen molar-refractivity contribution in [3.63, 3.8) is 0 Å². The number of nitrogens with zero attached hydrogens (tertiary/aromatic N) is 2. The van der Waals surface area contributed by atoms with Crippen molar-refractivity contribution in [2.45, 2.75) is 24.1 Å². The standard InChI is InChI=1S/C10H10FN3O5/c11-6-7(17)10(3-12,4-15)19-8(6)14-2-1-5(16)13-9(14)18/h1-2,6-8,15,17H,4H2,(H,13,16,18). The van der Waals surface area contributed by atoms with Crippen molar-refractivity contribution >= 4 is 0 Å². The Morgan fingerprint density at radius 3 is 2.79 bits per heavy atom. The number of aliphatic hydroxyl groups is 2. The molecule has 0 spiro atoms. The number of ether oxygens (including phenoxy) is 1. The van der Waals surface area contributed by atoms with Gasteiger partial charge in [0.2, 0.25) is 5.60 Å². The molecule has 0 bridgehead atoms. The Labute approximate surface area is 105 Å². The van der Waals surface area contributed by atoms with Crippen LogP contribution in [0.2, 0.25) is 0 Å². The van der Waals surface area contributed by atoms with Crippen LogP contribution in [0.15, 0.2) is 21.9 Å². The van der Waals surface area contributed by atoms with Gasteiger partial charge in [-0.2, -0.15) is 5.26 Å². The third-order valence-electron chi connectivity index (χ3n) is 2.93. The topological polar surface area (TPSA) is 128 Å². The van der Waals surface area contributed by atoms with Gasteiger partial charge in [0.1, 0.15) is 12.2 Å². The van der Waals surface area contributed by atoms with E-state index in [0.29, 0.717) is 4.57 Å². The van der Waals surface area contributed by atoms with Gasteiger partial charge < -0.3 is 14.9 Å². The van der Waals surface area contributed by atoms with Crippen LogP contribution >= 0.6 is 0 Å². The van der Waals surface area contributed by atoms with E-state index < -0.39 is 42.0 Å². The quantitative estimate of drug-likeness (QED) is 0.571. The SMILES string of the molecule is N#CC1(CO)OC(n2ccc(=O)[nH]c2=O)C(F)C1O. The first-order valence-corrected chi connectivity index (χ1v) is 5.29. The summed E-state index contributed by atoms with van der Waals surface area (Å²) in [6.45, 7) is -0.931. The molecule has 0 saturated carbocycles. The number of aromatic nitrogens is 2. The van der Waals surface area contributed by atoms with Gasteiger partial charge in [-0.15, -0.1) is 0 Å². The second-order valence-corrected chi connectivity index (χ2v) is 4.07. The van der Waals surface area contributed by atoms with E-state index in [0.717, 1.165) is 12.3 Å². The van der Waals surface area contributed by atoms with E-state index in [1.54, 1.807) is 0 Å². The van der Waals surface area contributed by atoms with Crippen LogP contribution in [-0.4, -0.2) is 44.2 Å². The average molecular weight is 271 g/mol. The molecule has 4 atom stereocenters. The molecule has 1 aromatic heterocycles. The van der Waals surface area contributed by atoms with Crippen LogP contribution in [0, 0.1) is 11.3 Å². The summed E-state index contributed by atoms with van der Waals surface area (Å²) in [6.07, 6.45) is -4.64. The van der Waals surface area contributed by atoms with Crippen molar-refractivity contribution in [3.8, 4) is 6.07 Å². The number of H-pyrrole nitrogens is 1. The van der Waals surface area contributed by atoms with Crippen LogP contribution in [0.25, 0.3) is 0 Å². The molecule has 0 radical (unpaired) electrons. The molecular weight excluding hydrogens is 261 g/mol. The average Bonchev–Trinajstić information content (AvgIpc) is 2.64. The number of halogens is 1. The number of hydrogen-bond acceptors (Lipinski definition) is 6. The van der Waals surface area contributed by atoms with E-state index >= 15 is 0 Å². The normalized spacial score (nSPS) is 34.1. The first kappa shape index (κ1) is 13.4. The summed E-state index contributed by atoms with van der Waals surface area (Å²) in [7, 11) is 0. The van der Waals surface area contributed by atoms with Gasteiger partial charge in [0, 0.05) is 12.3 Å². The van der Waals surface area contributed by atoms with Crippen molar-refractivity contribution in [2.24, 2.45) is 0 Å². The predicted octanol–water partition coefficient (Wildman–Crippen LogP) is -1.98. The number of hydrogen-bond donors (Lipinski definition) is 3. The molecular formula is C10H10FN3O5. The molecule has 2 heterocycles. The lowest BCUT2D eigenvalue weighted by molar-refractivity contribution is -0.0935. The monoisotopic (exact) mass is 271 g/mol. The number of alkyl halides is 1. The van der Waals surface area contributed by atoms with Gasteiger partial charge in [-0.25, -0.2) is 9.18 Å². The highest BCUT2D eigenvalue weighted by molar-refractivity contribution is 5.14. The summed E-state index contributed by atoms with van der Waals surface area (Å²) in [5.41, 5.74) is -3.76. The van der Waals surface area contributed by atoms with Gasteiger partial charge in [-0.3, -0.25) is 14.3 Å². The maximum Gasteiger partial charge on any atom is 0.330 e. The van der Waals surface area contributed by atoms with Crippen molar-refractivity contribution in [1.82, 2.24) is 9.55 Å². The largest absolute Gasteiger partial charge is 0.392 e. The van der Waals surface area contributed by atoms with Crippen molar-refractivity contribution in [2.75, 3.05) is 6.61 Å². The minimum Gasteiger partial charge on any atom is -0.392 e. The minimum absolute atomic E-state index is 0.677. The Hall–Kier alpha value is -2.02. The molecule has 8 nitrogen and oxygen atoms in total. The van der Waals surface area contributed by atoms with E-state index in [9.17, 15) is 19.1 Å². The lowest BCUT2D eigenvalue weighted by Crippen LogP contribution is -2.44. The highest BCUT2D eigenvalue weighted by Gasteiger charge is 2.56. The van der Waals surface area contributed by atoms with Crippen molar-refractivity contribution in [1.29, 1.82) is 5.26 Å². The number of nitrogens with one attached hydrogen (secondary N) is 1. The maximum absolute atomic E-state index is 13.9. The van der Waals surface area contributed by atoms with Crippen molar-refractivity contribution in [3.05, 3.63) is 33.1 Å². The van der Waals surface area contributed by atoms with Crippen LogP contribution in [-0.2, 0) is 4.74 Å². The van der Waals surface area contributed by atoms with Crippen LogP contribution in [0.3, 0.4) is 0 Å². The number of rotatable bonds is 2. The molecule has 4 unspecified atom stereocenters. The van der Waals surface area contributed by atoms with Gasteiger partial charge in [-0.05, 0) is 0 Å². The molecule has 9 heteroatoms. The molecule has 0 aromatic carbocycles. The van der Waals surface area contributed by atoms with Gasteiger partial charge in [0.05, 0.1) is 6.61 Å². The third-order valence-corrected chi connectivity index (χ3v) is 2.93. The van der Waals surface area contributed by atoms with Gasteiger partial charge in [-0.1, -0.05) is 0 Å². The zero-order chi connectivity index (χ0) is 14.2. The fraction of sp³-hybridized carbons (Fsp3) is 0.500. The zero-order valence-electron chi connectivity index (χ0n) is 9.49. The molecule has 1 aliphatic heterocycles. The van der Waals surface area contributed by atoms with E-state index in [1.807, 2.05) is 4.98 Å².